The number of hydrogen-bond donors (Lipinski definition) is 1. The predicted octanol–water partition coefficient (Wildman–Crippen LogP) is 2.07. The highest BCUT2D eigenvalue weighted by Crippen LogP contribution is 2.23. The Morgan fingerprint density at radius 1 is 1.35 bits per heavy atom. The third kappa shape index (κ3) is 2.81. The third-order valence-corrected chi connectivity index (χ3v) is 3.65. The van der Waals surface area contributed by atoms with Crippen molar-refractivity contribution in [1.29, 1.82) is 0 Å². The fourth-order valence-electron chi connectivity index (χ4n) is 2.38. The summed E-state index contributed by atoms with van der Waals surface area (Å²) in [6, 6.07) is 2.85. The first kappa shape index (κ1) is 14.5. The minimum Gasteiger partial charge on any atom is -0.480 e. The highest BCUT2D eigenvalue weighted by molar-refractivity contribution is 5.95. The number of carboxylic acid groups (broad SMARTS) is 1. The first-order valence-corrected chi connectivity index (χ1v) is 6.81. The van der Waals surface area contributed by atoms with Crippen molar-refractivity contribution in [2.45, 2.75) is 45.1 Å². The molecule has 1 unspecified atom stereocenters. The van der Waals surface area contributed by atoms with E-state index in [4.69, 9.17) is 5.11 Å². The van der Waals surface area contributed by atoms with E-state index in [0.717, 1.165) is 12.0 Å². The van der Waals surface area contributed by atoms with Crippen LogP contribution in [0.2, 0.25) is 0 Å². The van der Waals surface area contributed by atoms with Crippen LogP contribution in [0.3, 0.4) is 0 Å². The molecule has 20 heavy (non-hydrogen) atoms. The van der Waals surface area contributed by atoms with Crippen LogP contribution in [-0.2, 0) is 10.2 Å². The number of hydrogen-bond acceptors (Lipinski definition) is 3. The first-order valence-electron chi connectivity index (χ1n) is 6.81. The number of carbonyl (C=O) groups is 2. The summed E-state index contributed by atoms with van der Waals surface area (Å²) in [6.07, 6.45) is 2.93. The van der Waals surface area contributed by atoms with Gasteiger partial charge in [0.15, 0.2) is 0 Å². The molecule has 1 atom stereocenters. The van der Waals surface area contributed by atoms with Crippen LogP contribution in [0.15, 0.2) is 18.3 Å². The predicted molar refractivity (Wildman–Crippen MR) is 74.6 cm³/mol. The average molecular weight is 276 g/mol. The van der Waals surface area contributed by atoms with Crippen molar-refractivity contribution in [1.82, 2.24) is 9.88 Å². The number of aliphatic carboxylic acids is 1. The van der Waals surface area contributed by atoms with Gasteiger partial charge in [0.05, 0.1) is 0 Å². The SMILES string of the molecule is CC(C)(C)c1ccc(C(=O)N2CCCC2C(=O)O)nc1. The van der Waals surface area contributed by atoms with Gasteiger partial charge in [-0.25, -0.2) is 4.79 Å². The number of aromatic nitrogens is 1. The standard InChI is InChI=1S/C15H20N2O3/c1-15(2,3)10-6-7-11(16-9-10)13(18)17-8-4-5-12(17)14(19)20/h6-7,9,12H,4-5,8H2,1-3H3,(H,19,20). The van der Waals surface area contributed by atoms with Crippen molar-refractivity contribution in [3.05, 3.63) is 29.6 Å². The zero-order valence-electron chi connectivity index (χ0n) is 12.1. The molecule has 1 amide bonds. The van der Waals surface area contributed by atoms with Gasteiger partial charge in [-0.2, -0.15) is 0 Å². The molecular weight excluding hydrogens is 256 g/mol. The average Bonchev–Trinajstić information content (AvgIpc) is 2.86. The van der Waals surface area contributed by atoms with E-state index in [1.165, 1.54) is 4.90 Å². The molecule has 0 aliphatic carbocycles. The van der Waals surface area contributed by atoms with Crippen LogP contribution in [0, 0.1) is 0 Å². The van der Waals surface area contributed by atoms with Crippen LogP contribution in [-0.4, -0.2) is 39.5 Å². The van der Waals surface area contributed by atoms with Gasteiger partial charge < -0.3 is 10.0 Å². The highest BCUT2D eigenvalue weighted by atomic mass is 16.4. The number of pyridine rings is 1. The van der Waals surface area contributed by atoms with Crippen molar-refractivity contribution in [3.63, 3.8) is 0 Å². The molecule has 1 saturated heterocycles. The lowest BCUT2D eigenvalue weighted by molar-refractivity contribution is -0.141. The topological polar surface area (TPSA) is 70.5 Å². The molecule has 2 heterocycles. The number of carbonyl (C=O) groups excluding carboxylic acids is 1. The summed E-state index contributed by atoms with van der Waals surface area (Å²) < 4.78 is 0. The summed E-state index contributed by atoms with van der Waals surface area (Å²) in [5.74, 6) is -1.24. The van der Waals surface area contributed by atoms with E-state index < -0.39 is 12.0 Å². The van der Waals surface area contributed by atoms with Crippen molar-refractivity contribution in [2.75, 3.05) is 6.54 Å². The van der Waals surface area contributed by atoms with Crippen LogP contribution in [0.1, 0.15) is 49.7 Å². The van der Waals surface area contributed by atoms with Crippen LogP contribution in [0.5, 0.6) is 0 Å². The Hall–Kier alpha value is -1.91. The summed E-state index contributed by atoms with van der Waals surface area (Å²) in [5, 5.41) is 9.12. The van der Waals surface area contributed by atoms with Gasteiger partial charge in [0, 0.05) is 12.7 Å². The fourth-order valence-corrected chi connectivity index (χ4v) is 2.38. The molecule has 0 bridgehead atoms. The summed E-state index contributed by atoms with van der Waals surface area (Å²) >= 11 is 0. The molecule has 1 N–H and O–H groups in total. The Balaban J connectivity index is 2.19. The second-order valence-electron chi connectivity index (χ2n) is 6.18. The van der Waals surface area contributed by atoms with Crippen LogP contribution in [0.25, 0.3) is 0 Å². The normalized spacial score (nSPS) is 19.1. The van der Waals surface area contributed by atoms with Crippen LogP contribution in [0.4, 0.5) is 0 Å². The van der Waals surface area contributed by atoms with E-state index in [1.54, 1.807) is 12.3 Å². The second kappa shape index (κ2) is 5.23. The summed E-state index contributed by atoms with van der Waals surface area (Å²) in [6.45, 7) is 6.71. The van der Waals surface area contributed by atoms with Crippen LogP contribution >= 0.6 is 0 Å². The molecule has 0 radical (unpaired) electrons. The smallest absolute Gasteiger partial charge is 0.326 e. The van der Waals surface area contributed by atoms with E-state index >= 15 is 0 Å². The van der Waals surface area contributed by atoms with Crippen molar-refractivity contribution in [3.8, 4) is 0 Å². The second-order valence-corrected chi connectivity index (χ2v) is 6.18. The third-order valence-electron chi connectivity index (χ3n) is 3.65. The molecular formula is C15H20N2O3. The van der Waals surface area contributed by atoms with Gasteiger partial charge in [-0.05, 0) is 29.9 Å². The fraction of sp³-hybridized carbons (Fsp3) is 0.533. The van der Waals surface area contributed by atoms with Crippen molar-refractivity contribution in [2.24, 2.45) is 0 Å². The van der Waals surface area contributed by atoms with Gasteiger partial charge in [0.1, 0.15) is 11.7 Å². The Labute approximate surface area is 118 Å². The first-order chi connectivity index (χ1) is 9.30. The van der Waals surface area contributed by atoms with Crippen molar-refractivity contribution >= 4 is 11.9 Å². The lowest BCUT2D eigenvalue weighted by Gasteiger charge is -2.22. The number of rotatable bonds is 2. The minimum absolute atomic E-state index is 0.0220. The molecule has 1 aliphatic heterocycles. The van der Waals surface area contributed by atoms with E-state index in [-0.39, 0.29) is 11.3 Å². The molecule has 0 saturated carbocycles. The number of nitrogens with zero attached hydrogens (tertiary/aromatic N) is 2. The van der Waals surface area contributed by atoms with Gasteiger partial charge in [0.2, 0.25) is 0 Å². The van der Waals surface area contributed by atoms with E-state index in [0.29, 0.717) is 18.7 Å². The summed E-state index contributed by atoms with van der Waals surface area (Å²) in [7, 11) is 0. The summed E-state index contributed by atoms with van der Waals surface area (Å²) in [4.78, 5) is 29.0. The zero-order valence-corrected chi connectivity index (χ0v) is 12.1. The maximum absolute atomic E-state index is 12.3. The molecule has 1 aromatic rings. The molecule has 2 rings (SSSR count). The van der Waals surface area contributed by atoms with Crippen LogP contribution < -0.4 is 0 Å². The highest BCUT2D eigenvalue weighted by Gasteiger charge is 2.34. The van der Waals surface area contributed by atoms with Gasteiger partial charge >= 0.3 is 5.97 Å². The Morgan fingerprint density at radius 2 is 2.05 bits per heavy atom. The maximum atomic E-state index is 12.3. The van der Waals surface area contributed by atoms with Crippen molar-refractivity contribution < 1.29 is 14.7 Å². The van der Waals surface area contributed by atoms with Gasteiger partial charge in [-0.15, -0.1) is 0 Å². The Bertz CT molecular complexity index is 517. The maximum Gasteiger partial charge on any atom is 0.326 e. The molecule has 1 fully saturated rings. The molecule has 1 aliphatic rings. The minimum atomic E-state index is -0.942. The van der Waals surface area contributed by atoms with Gasteiger partial charge in [-0.1, -0.05) is 26.8 Å². The molecule has 5 heteroatoms. The quantitative estimate of drug-likeness (QED) is 0.897. The Kier molecular flexibility index (Phi) is 3.79. The van der Waals surface area contributed by atoms with Gasteiger partial charge in [-0.3, -0.25) is 9.78 Å². The molecule has 108 valence electrons. The summed E-state index contributed by atoms with van der Waals surface area (Å²) in [5.41, 5.74) is 1.34. The largest absolute Gasteiger partial charge is 0.480 e. The van der Waals surface area contributed by atoms with Gasteiger partial charge in [0.25, 0.3) is 5.91 Å². The zero-order chi connectivity index (χ0) is 14.9. The van der Waals surface area contributed by atoms with E-state index in [9.17, 15) is 9.59 Å². The molecule has 5 nitrogen and oxygen atoms in total. The number of likely N-dealkylation sites (tertiary alicyclic amines) is 1. The van der Waals surface area contributed by atoms with E-state index in [1.807, 2.05) is 6.07 Å². The molecule has 0 aromatic carbocycles. The monoisotopic (exact) mass is 276 g/mol. The lowest BCUT2D eigenvalue weighted by Crippen LogP contribution is -2.40. The lowest BCUT2D eigenvalue weighted by atomic mass is 9.88. The van der Waals surface area contributed by atoms with E-state index in [2.05, 4.69) is 25.8 Å². The number of carboxylic acids is 1. The molecule has 1 aromatic heterocycles. The Morgan fingerprint density at radius 3 is 2.55 bits per heavy atom. The molecule has 0 spiro atoms. The number of amides is 1.